The molecule has 1 radical (unpaired) electrons. The molecular weight excluding hydrogens is 460 g/mol. The van der Waals surface area contributed by atoms with Crippen LogP contribution in [-0.4, -0.2) is 8.07 Å². The van der Waals surface area contributed by atoms with E-state index in [0.717, 1.165) is 0 Å². The van der Waals surface area contributed by atoms with E-state index >= 15 is 0 Å². The van der Waals surface area contributed by atoms with Crippen LogP contribution in [0.4, 0.5) is 0 Å². The molecule has 0 unspecified atom stereocenters. The van der Waals surface area contributed by atoms with Crippen molar-refractivity contribution in [2.24, 2.45) is 5.41 Å². The summed E-state index contributed by atoms with van der Waals surface area (Å²) in [5, 5.41) is 4.45. The Bertz CT molecular complexity index is 1170. The fourth-order valence-corrected chi connectivity index (χ4v) is 11.1. The maximum atomic E-state index is 2.53. The Hall–Kier alpha value is -2.64. The number of allylic oxidation sites excluding steroid dienone is 4. The summed E-state index contributed by atoms with van der Waals surface area (Å²) in [5.41, 5.74) is 7.30. The van der Waals surface area contributed by atoms with Crippen LogP contribution in [0, 0.1) is 11.0 Å². The first-order chi connectivity index (χ1) is 17.5. The van der Waals surface area contributed by atoms with Crippen molar-refractivity contribution in [1.82, 2.24) is 0 Å². The van der Waals surface area contributed by atoms with Gasteiger partial charge in [0, 0.05) is 5.54 Å². The van der Waals surface area contributed by atoms with Gasteiger partial charge in [-0.15, -0.1) is 0 Å². The molecule has 0 saturated carbocycles. The SMILES string of the molecule is CC(C)c1cccc([Si]([C]2C=CC=C2C(C)(C)C)(c2cccc(C(C)C)c2)c2cccc(C(C)C)c2)c1. The zero-order valence-corrected chi connectivity index (χ0v) is 25.4. The Kier molecular flexibility index (Phi) is 7.86. The molecule has 0 bridgehead atoms. The molecule has 0 nitrogen and oxygen atoms in total. The second kappa shape index (κ2) is 10.6. The minimum atomic E-state index is -2.63. The van der Waals surface area contributed by atoms with E-state index in [0.29, 0.717) is 17.8 Å². The molecule has 4 rings (SSSR count). The number of hydrogen-bond acceptors (Lipinski definition) is 0. The minimum Gasteiger partial charge on any atom is -0.0750 e. The second-order valence-corrected chi connectivity index (χ2v) is 16.5. The summed E-state index contributed by atoms with van der Waals surface area (Å²) < 4.78 is 0. The lowest BCUT2D eigenvalue weighted by Crippen LogP contribution is -2.71. The topological polar surface area (TPSA) is 0 Å². The van der Waals surface area contributed by atoms with Gasteiger partial charge in [-0.2, -0.15) is 0 Å². The number of hydrogen-bond donors (Lipinski definition) is 0. The van der Waals surface area contributed by atoms with Gasteiger partial charge >= 0.3 is 0 Å². The summed E-state index contributed by atoms with van der Waals surface area (Å²) in [7, 11) is -2.63. The van der Waals surface area contributed by atoms with Crippen molar-refractivity contribution < 1.29 is 0 Å². The van der Waals surface area contributed by atoms with Crippen LogP contribution in [0.5, 0.6) is 0 Å². The summed E-state index contributed by atoms with van der Waals surface area (Å²) >= 11 is 0. The van der Waals surface area contributed by atoms with Crippen LogP contribution in [0.2, 0.25) is 0 Å². The standard InChI is InChI=1S/C36H45Si/c1-25(2)28-14-10-17-31(22-28)37(32-18-11-15-29(23-32)26(3)4,33-19-12-16-30(24-33)27(5)6)35-21-13-20-34(35)36(7,8)9/h10-27H,1-9H3. The third-order valence-corrected chi connectivity index (χ3v) is 12.8. The fourth-order valence-electron chi connectivity index (χ4n) is 5.76. The molecule has 0 aromatic heterocycles. The third-order valence-electron chi connectivity index (χ3n) is 7.99. The van der Waals surface area contributed by atoms with E-state index in [1.54, 1.807) is 0 Å². The minimum absolute atomic E-state index is 0.0536. The highest BCUT2D eigenvalue weighted by Crippen LogP contribution is 2.42. The smallest absolute Gasteiger partial charge is 0.0750 e. The van der Waals surface area contributed by atoms with Gasteiger partial charge in [-0.25, -0.2) is 0 Å². The van der Waals surface area contributed by atoms with Crippen molar-refractivity contribution in [2.45, 2.75) is 80.1 Å². The molecular formula is C36H45Si. The van der Waals surface area contributed by atoms with Crippen LogP contribution in [0.15, 0.2) is 96.6 Å². The van der Waals surface area contributed by atoms with Crippen molar-refractivity contribution in [1.29, 1.82) is 0 Å². The Morgan fingerprint density at radius 3 is 1.27 bits per heavy atom. The van der Waals surface area contributed by atoms with E-state index in [-0.39, 0.29) is 5.41 Å². The van der Waals surface area contributed by atoms with E-state index in [1.807, 2.05) is 0 Å². The quantitative estimate of drug-likeness (QED) is 0.224. The maximum Gasteiger partial charge on any atom is 0.163 e. The van der Waals surface area contributed by atoms with Crippen LogP contribution in [0.1, 0.15) is 96.8 Å². The Balaban J connectivity index is 2.17. The van der Waals surface area contributed by atoms with Gasteiger partial charge in [0.2, 0.25) is 0 Å². The van der Waals surface area contributed by atoms with Gasteiger partial charge in [-0.1, -0.05) is 159 Å². The summed E-state index contributed by atoms with van der Waals surface area (Å²) in [4.78, 5) is 0. The average Bonchev–Trinajstić information content (AvgIpc) is 3.36. The van der Waals surface area contributed by atoms with E-state index in [4.69, 9.17) is 0 Å². The Morgan fingerprint density at radius 2 is 0.946 bits per heavy atom. The van der Waals surface area contributed by atoms with E-state index < -0.39 is 8.07 Å². The van der Waals surface area contributed by atoms with Crippen LogP contribution in [-0.2, 0) is 0 Å². The van der Waals surface area contributed by atoms with Crippen molar-refractivity contribution in [3.05, 3.63) is 119 Å². The molecule has 0 N–H and O–H groups in total. The van der Waals surface area contributed by atoms with E-state index in [2.05, 4.69) is 153 Å². The first-order valence-corrected chi connectivity index (χ1v) is 16.0. The predicted molar refractivity (Wildman–Crippen MR) is 166 cm³/mol. The van der Waals surface area contributed by atoms with Gasteiger partial charge in [-0.05, 0) is 55.4 Å². The molecule has 3 aromatic carbocycles. The molecule has 37 heavy (non-hydrogen) atoms. The molecule has 0 fully saturated rings. The average molecular weight is 506 g/mol. The predicted octanol–water partition coefficient (Wildman–Crippen LogP) is 8.18. The molecule has 3 aromatic rings. The van der Waals surface area contributed by atoms with Crippen LogP contribution < -0.4 is 15.6 Å². The fraction of sp³-hybridized carbons (Fsp3) is 0.361. The molecule has 1 heteroatoms. The highest BCUT2D eigenvalue weighted by molar-refractivity contribution is 7.16. The summed E-state index contributed by atoms with van der Waals surface area (Å²) in [6, 6.07) is 28.6. The van der Waals surface area contributed by atoms with E-state index in [1.165, 1.54) is 43.4 Å². The Labute approximate surface area is 227 Å². The number of rotatable bonds is 7. The molecule has 0 aliphatic heterocycles. The molecule has 0 amide bonds. The molecule has 0 spiro atoms. The Morgan fingerprint density at radius 1 is 0.568 bits per heavy atom. The lowest BCUT2D eigenvalue weighted by Gasteiger charge is -2.42. The van der Waals surface area contributed by atoms with Crippen molar-refractivity contribution in [3.8, 4) is 0 Å². The van der Waals surface area contributed by atoms with Gasteiger partial charge < -0.3 is 0 Å². The van der Waals surface area contributed by atoms with Gasteiger partial charge in [0.15, 0.2) is 8.07 Å². The first kappa shape index (κ1) is 27.4. The maximum absolute atomic E-state index is 2.63. The lowest BCUT2D eigenvalue weighted by molar-refractivity contribution is 0.509. The van der Waals surface area contributed by atoms with Gasteiger partial charge in [0.05, 0.1) is 0 Å². The molecule has 1 aliphatic carbocycles. The van der Waals surface area contributed by atoms with Crippen LogP contribution in [0.25, 0.3) is 0 Å². The molecule has 0 heterocycles. The summed E-state index contributed by atoms with van der Waals surface area (Å²) in [5.74, 6) is 1.45. The van der Waals surface area contributed by atoms with E-state index in [9.17, 15) is 0 Å². The highest BCUT2D eigenvalue weighted by atomic mass is 28.3. The van der Waals surface area contributed by atoms with Crippen molar-refractivity contribution in [3.63, 3.8) is 0 Å². The largest absolute Gasteiger partial charge is 0.163 e. The van der Waals surface area contributed by atoms with Crippen LogP contribution >= 0.6 is 0 Å². The van der Waals surface area contributed by atoms with Gasteiger partial charge in [0.1, 0.15) is 0 Å². The highest BCUT2D eigenvalue weighted by Gasteiger charge is 2.50. The van der Waals surface area contributed by atoms with Crippen LogP contribution in [0.3, 0.4) is 0 Å². The lowest BCUT2D eigenvalue weighted by atomic mass is 9.85. The summed E-state index contributed by atoms with van der Waals surface area (Å²) in [6.45, 7) is 21.0. The molecule has 1 aliphatic rings. The second-order valence-electron chi connectivity index (χ2n) is 12.7. The van der Waals surface area contributed by atoms with Crippen molar-refractivity contribution >= 4 is 23.6 Å². The molecule has 0 saturated heterocycles. The molecule has 0 atom stereocenters. The monoisotopic (exact) mass is 505 g/mol. The normalized spacial score (nSPS) is 14.8. The first-order valence-electron chi connectivity index (χ1n) is 14.0. The van der Waals surface area contributed by atoms with Crippen molar-refractivity contribution in [2.75, 3.05) is 0 Å². The zero-order chi connectivity index (χ0) is 27.0. The summed E-state index contributed by atoms with van der Waals surface area (Å²) in [6.07, 6.45) is 7.11. The molecule has 193 valence electrons. The van der Waals surface area contributed by atoms with Gasteiger partial charge in [0.25, 0.3) is 0 Å². The number of benzene rings is 3. The zero-order valence-electron chi connectivity index (χ0n) is 24.4. The van der Waals surface area contributed by atoms with Gasteiger partial charge in [-0.3, -0.25) is 0 Å². The third kappa shape index (κ3) is 5.21.